The lowest BCUT2D eigenvalue weighted by atomic mass is 9.88. The molecule has 0 bridgehead atoms. The summed E-state index contributed by atoms with van der Waals surface area (Å²) >= 11 is 0. The lowest BCUT2D eigenvalue weighted by Gasteiger charge is -2.27. The molecule has 0 aromatic carbocycles. The van der Waals surface area contributed by atoms with Crippen molar-refractivity contribution in [2.45, 2.75) is 70.4 Å². The van der Waals surface area contributed by atoms with Crippen molar-refractivity contribution in [3.8, 4) is 0 Å². The summed E-state index contributed by atoms with van der Waals surface area (Å²) in [6.45, 7) is 6.20. The van der Waals surface area contributed by atoms with Crippen LogP contribution in [0.5, 0.6) is 0 Å². The Bertz CT molecular complexity index is 819. The average Bonchev–Trinajstić information content (AvgIpc) is 3.00. The van der Waals surface area contributed by atoms with Crippen molar-refractivity contribution in [1.29, 1.82) is 0 Å². The molecule has 1 aliphatic carbocycles. The maximum Gasteiger partial charge on any atom is 0.428 e. The third kappa shape index (κ3) is 8.52. The smallest absolute Gasteiger partial charge is 0.428 e. The minimum atomic E-state index is -3.50. The van der Waals surface area contributed by atoms with Gasteiger partial charge < -0.3 is 24.9 Å². The molecule has 11 heteroatoms. The number of carbonyl (C=O) groups is 1. The van der Waals surface area contributed by atoms with Gasteiger partial charge in [-0.1, -0.05) is 0 Å². The van der Waals surface area contributed by atoms with Gasteiger partial charge in [-0.05, 0) is 64.7 Å². The van der Waals surface area contributed by atoms with Crippen molar-refractivity contribution in [2.24, 2.45) is 11.8 Å². The first-order valence-electron chi connectivity index (χ1n) is 12.2. The van der Waals surface area contributed by atoms with Crippen LogP contribution in [-0.4, -0.2) is 104 Å². The molecule has 1 aliphatic heterocycles. The second-order valence-corrected chi connectivity index (χ2v) is 12.5. The summed E-state index contributed by atoms with van der Waals surface area (Å²) in [4.78, 5) is 18.8. The fourth-order valence-corrected chi connectivity index (χ4v) is 6.44. The normalized spacial score (nSPS) is 23.7. The molecule has 0 radical (unpaired) electrons. The van der Waals surface area contributed by atoms with E-state index in [-0.39, 0.29) is 23.5 Å². The van der Waals surface area contributed by atoms with Crippen molar-refractivity contribution < 1.29 is 32.6 Å². The van der Waals surface area contributed by atoms with Crippen molar-refractivity contribution in [2.75, 3.05) is 52.0 Å². The van der Waals surface area contributed by atoms with Gasteiger partial charge >= 0.3 is 11.9 Å². The molecule has 0 aromatic rings. The van der Waals surface area contributed by atoms with Gasteiger partial charge in [0.15, 0.2) is 9.84 Å². The van der Waals surface area contributed by atoms with E-state index in [4.69, 9.17) is 9.47 Å². The zero-order chi connectivity index (χ0) is 25.4. The van der Waals surface area contributed by atoms with Crippen molar-refractivity contribution in [1.82, 2.24) is 9.80 Å². The van der Waals surface area contributed by atoms with E-state index in [1.54, 1.807) is 7.11 Å². The van der Waals surface area contributed by atoms with E-state index in [1.165, 1.54) is 0 Å². The Labute approximate surface area is 204 Å². The largest absolute Gasteiger partial charge is 0.543 e. The van der Waals surface area contributed by atoms with Gasteiger partial charge in [0.2, 0.25) is 0 Å². The molecule has 1 saturated carbocycles. The lowest BCUT2D eigenvalue weighted by Crippen LogP contribution is -2.39. The molecule has 10 nitrogen and oxygen atoms in total. The Balaban J connectivity index is 1.70. The first kappa shape index (κ1) is 28.6. The number of ether oxygens (including phenoxy) is 2. The van der Waals surface area contributed by atoms with Crippen LogP contribution < -0.4 is 0 Å². The van der Waals surface area contributed by atoms with Crippen molar-refractivity contribution >= 4 is 21.8 Å². The van der Waals surface area contributed by atoms with Gasteiger partial charge in [-0.3, -0.25) is 4.79 Å². The minimum absolute atomic E-state index is 0.0698. The van der Waals surface area contributed by atoms with E-state index in [9.17, 15) is 23.8 Å². The third-order valence-corrected chi connectivity index (χ3v) is 8.99. The van der Waals surface area contributed by atoms with Crippen LogP contribution in [0.25, 0.3) is 5.53 Å². The van der Waals surface area contributed by atoms with Gasteiger partial charge in [0.1, 0.15) is 12.1 Å². The van der Waals surface area contributed by atoms with Crippen LogP contribution in [0.15, 0.2) is 0 Å². The van der Waals surface area contributed by atoms with E-state index in [0.29, 0.717) is 57.1 Å². The Morgan fingerprint density at radius 3 is 2.53 bits per heavy atom. The fraction of sp³-hybridized carbons (Fsp3) is 0.913. The molecule has 2 fully saturated rings. The van der Waals surface area contributed by atoms with E-state index in [0.717, 1.165) is 25.7 Å². The Hall–Kier alpha value is -1.68. The number of methoxy groups -OCH3 is 1. The Morgan fingerprint density at radius 2 is 1.94 bits per heavy atom. The molecule has 196 valence electrons. The van der Waals surface area contributed by atoms with Gasteiger partial charge in [0.05, 0.1) is 37.1 Å². The number of aliphatic carboxylic acids is 1. The highest BCUT2D eigenvalue weighted by Gasteiger charge is 2.46. The van der Waals surface area contributed by atoms with Crippen LogP contribution >= 0.6 is 0 Å². The Kier molecular flexibility index (Phi) is 10.8. The molecule has 1 unspecified atom stereocenters. The van der Waals surface area contributed by atoms with Crippen LogP contribution in [0.3, 0.4) is 0 Å². The van der Waals surface area contributed by atoms with E-state index < -0.39 is 21.7 Å². The zero-order valence-electron chi connectivity index (χ0n) is 21.1. The zero-order valence-corrected chi connectivity index (χ0v) is 21.9. The molecule has 2 rings (SSSR count). The van der Waals surface area contributed by atoms with Gasteiger partial charge in [0, 0.05) is 20.3 Å². The minimum Gasteiger partial charge on any atom is -0.543 e. The number of hydrogen-bond acceptors (Lipinski definition) is 5. The highest BCUT2D eigenvalue weighted by molar-refractivity contribution is 7.91. The number of likely N-dealkylation sites (N-methyl/N-ethyl adjacent to an activating group) is 1. The number of nitrogens with zero attached hydrogens (tertiary/aromatic N) is 4. The van der Waals surface area contributed by atoms with E-state index in [1.807, 2.05) is 30.7 Å². The van der Waals surface area contributed by atoms with Gasteiger partial charge in [0.25, 0.3) is 0 Å². The average molecular weight is 503 g/mol. The molecule has 0 spiro atoms. The maximum absolute atomic E-state index is 12.5. The maximum atomic E-state index is 12.5. The summed E-state index contributed by atoms with van der Waals surface area (Å²) in [6, 6.07) is 0. The SMILES string of the molecule is COC1CCC(COCCCS(=O)(=O)CC(CCCN2CC(C)(C)N(C)C2=[N+]=[N-])C(=O)O)CC1. The summed E-state index contributed by atoms with van der Waals surface area (Å²) in [5.74, 6) is -1.55. The monoisotopic (exact) mass is 502 g/mol. The number of hydrogen-bond donors (Lipinski definition) is 1. The Morgan fingerprint density at radius 1 is 1.26 bits per heavy atom. The predicted octanol–water partition coefficient (Wildman–Crippen LogP) is 2.11. The van der Waals surface area contributed by atoms with E-state index >= 15 is 0 Å². The standard InChI is InChI=1S/C23H42N4O6S/c1-23(2)17-27(22(25-24)26(23)3)12-5-7-19(21(28)29)16-34(30,31)14-6-13-33-15-18-8-10-20(32-4)11-9-18/h18-20H,5-17H2,1-4H3,(H,28,29). The summed E-state index contributed by atoms with van der Waals surface area (Å²) < 4.78 is 36.1. The molecule has 34 heavy (non-hydrogen) atoms. The summed E-state index contributed by atoms with van der Waals surface area (Å²) in [7, 11) is 0.0892. The van der Waals surface area contributed by atoms with Crippen LogP contribution in [0.4, 0.5) is 0 Å². The molecular weight excluding hydrogens is 460 g/mol. The second kappa shape index (κ2) is 12.9. The topological polar surface area (TPSA) is 133 Å². The van der Waals surface area contributed by atoms with Crippen LogP contribution in [0.2, 0.25) is 0 Å². The quantitative estimate of drug-likeness (QED) is 0.217. The number of sulfone groups is 1. The van der Waals surface area contributed by atoms with Crippen molar-refractivity contribution in [3.63, 3.8) is 0 Å². The van der Waals surface area contributed by atoms with E-state index in [2.05, 4.69) is 4.79 Å². The molecular formula is C23H42N4O6S. The lowest BCUT2D eigenvalue weighted by molar-refractivity contribution is -0.141. The van der Waals surface area contributed by atoms with Crippen LogP contribution in [-0.2, 0) is 24.1 Å². The predicted molar refractivity (Wildman–Crippen MR) is 129 cm³/mol. The second-order valence-electron chi connectivity index (χ2n) is 10.3. The summed E-state index contributed by atoms with van der Waals surface area (Å²) in [5, 5.41) is 9.56. The number of carboxylic acids is 1. The molecule has 1 atom stereocenters. The van der Waals surface area contributed by atoms with Gasteiger partial charge in [-0.2, -0.15) is 0 Å². The van der Waals surface area contributed by atoms with Crippen molar-refractivity contribution in [3.05, 3.63) is 5.53 Å². The molecule has 1 N–H and O–H groups in total. The molecule has 0 amide bonds. The van der Waals surface area contributed by atoms with Gasteiger partial charge in [-0.25, -0.2) is 18.2 Å². The summed E-state index contributed by atoms with van der Waals surface area (Å²) in [5.41, 5.74) is 9.11. The first-order chi connectivity index (χ1) is 16.0. The summed E-state index contributed by atoms with van der Waals surface area (Å²) in [6.07, 6.45) is 5.65. The number of rotatable bonds is 14. The third-order valence-electron chi connectivity index (χ3n) is 7.17. The highest BCUT2D eigenvalue weighted by Crippen LogP contribution is 2.26. The first-order valence-corrected chi connectivity index (χ1v) is 14.1. The highest BCUT2D eigenvalue weighted by atomic mass is 32.2. The van der Waals surface area contributed by atoms with Crippen LogP contribution in [0, 0.1) is 11.8 Å². The van der Waals surface area contributed by atoms with Crippen LogP contribution in [0.1, 0.15) is 58.8 Å². The molecule has 1 saturated heterocycles. The number of guanidine groups is 1. The fourth-order valence-electron chi connectivity index (χ4n) is 4.80. The molecule has 2 aliphatic rings. The molecule has 1 heterocycles. The molecule has 0 aromatic heterocycles. The van der Waals surface area contributed by atoms with Gasteiger partial charge in [-0.15, -0.1) is 0 Å². The number of carboxylic acid groups (broad SMARTS) is 1.